The van der Waals surface area contributed by atoms with Crippen LogP contribution in [-0.4, -0.2) is 31.0 Å². The van der Waals surface area contributed by atoms with Crippen LogP contribution in [-0.2, 0) is 14.8 Å². The number of halogens is 1. The van der Waals surface area contributed by atoms with Crippen molar-refractivity contribution in [1.82, 2.24) is 9.97 Å². The average Bonchev–Trinajstić information content (AvgIpc) is 2.36. The van der Waals surface area contributed by atoms with E-state index < -0.39 is 27.2 Å². The molecule has 0 aliphatic carbocycles. The fraction of sp³-hybridized carbons (Fsp3) is 0.182. The van der Waals surface area contributed by atoms with E-state index in [0.29, 0.717) is 0 Å². The van der Waals surface area contributed by atoms with Gasteiger partial charge < -0.3 is 9.72 Å². The van der Waals surface area contributed by atoms with Gasteiger partial charge in [-0.25, -0.2) is 23.3 Å². The molecular formula is C11H10ClN3O5S. The van der Waals surface area contributed by atoms with E-state index in [1.165, 1.54) is 6.07 Å². The summed E-state index contributed by atoms with van der Waals surface area (Å²) in [5.41, 5.74) is -1.02. The van der Waals surface area contributed by atoms with Gasteiger partial charge >= 0.3 is 5.97 Å². The van der Waals surface area contributed by atoms with Crippen molar-refractivity contribution in [3.8, 4) is 0 Å². The number of carbonyl (C=O) groups is 1. The maximum atomic E-state index is 11.8. The van der Waals surface area contributed by atoms with Crippen LogP contribution in [0.25, 0.3) is 11.0 Å². The number of benzene rings is 1. The molecule has 1 heterocycles. The molecule has 2 rings (SSSR count). The Morgan fingerprint density at radius 3 is 2.71 bits per heavy atom. The van der Waals surface area contributed by atoms with Gasteiger partial charge in [-0.1, -0.05) is 11.6 Å². The molecule has 3 N–H and O–H groups in total. The first-order valence-corrected chi connectivity index (χ1v) is 7.60. The minimum atomic E-state index is -4.05. The molecule has 1 aromatic heterocycles. The summed E-state index contributed by atoms with van der Waals surface area (Å²) in [5.74, 6) is -0.882. The second kappa shape index (κ2) is 5.43. The number of nitrogens with two attached hydrogens (primary N) is 1. The Morgan fingerprint density at radius 1 is 1.48 bits per heavy atom. The zero-order valence-corrected chi connectivity index (χ0v) is 12.3. The molecule has 8 nitrogen and oxygen atoms in total. The minimum absolute atomic E-state index is 0.0847. The van der Waals surface area contributed by atoms with Crippen LogP contribution in [0.15, 0.2) is 21.8 Å². The summed E-state index contributed by atoms with van der Waals surface area (Å²) in [4.78, 5) is 29.2. The lowest BCUT2D eigenvalue weighted by Crippen LogP contribution is -2.22. The van der Waals surface area contributed by atoms with Gasteiger partial charge in [0.15, 0.2) is 0 Å². The highest BCUT2D eigenvalue weighted by molar-refractivity contribution is 7.89. The topological polar surface area (TPSA) is 132 Å². The number of rotatable bonds is 3. The first-order valence-electron chi connectivity index (χ1n) is 5.67. The van der Waals surface area contributed by atoms with Crippen LogP contribution >= 0.6 is 11.6 Å². The van der Waals surface area contributed by atoms with Crippen LogP contribution in [0.1, 0.15) is 17.4 Å². The number of hydrogen-bond donors (Lipinski definition) is 2. The maximum absolute atomic E-state index is 11.8. The molecule has 0 amide bonds. The van der Waals surface area contributed by atoms with Crippen LogP contribution in [0.4, 0.5) is 0 Å². The van der Waals surface area contributed by atoms with E-state index in [4.69, 9.17) is 21.5 Å². The number of nitrogens with zero attached hydrogens (tertiary/aromatic N) is 1. The van der Waals surface area contributed by atoms with E-state index in [2.05, 4.69) is 9.97 Å². The highest BCUT2D eigenvalue weighted by Gasteiger charge is 2.18. The molecule has 0 bridgehead atoms. The number of hydrogen-bond acceptors (Lipinski definition) is 6. The molecule has 0 unspecified atom stereocenters. The number of nitrogens with one attached hydrogen (secondary N) is 1. The van der Waals surface area contributed by atoms with Gasteiger partial charge in [0.05, 0.1) is 22.7 Å². The molecule has 2 aromatic rings. The van der Waals surface area contributed by atoms with Crippen molar-refractivity contribution in [2.45, 2.75) is 11.8 Å². The standard InChI is InChI=1S/C11H10ClN3O5S/c1-2-20-11(17)9-10(16)15-7-4-8(21(13,18)19)5(12)3-6(7)14-9/h3-4H,2H2,1H3,(H,15,16)(H2,13,18,19). The normalized spacial score (nSPS) is 11.6. The van der Waals surface area contributed by atoms with Gasteiger partial charge in [0.25, 0.3) is 5.56 Å². The Labute approximate surface area is 123 Å². The molecule has 0 aliphatic rings. The third-order valence-electron chi connectivity index (χ3n) is 2.52. The highest BCUT2D eigenvalue weighted by Crippen LogP contribution is 2.24. The molecule has 21 heavy (non-hydrogen) atoms. The summed E-state index contributed by atoms with van der Waals surface area (Å²) in [6.45, 7) is 1.67. The number of ether oxygens (including phenoxy) is 1. The minimum Gasteiger partial charge on any atom is -0.461 e. The number of primary sulfonamides is 1. The molecule has 0 saturated heterocycles. The van der Waals surface area contributed by atoms with Gasteiger partial charge in [-0.3, -0.25) is 4.79 Å². The summed E-state index contributed by atoms with van der Waals surface area (Å²) in [6, 6.07) is 2.27. The third-order valence-corrected chi connectivity index (χ3v) is 3.90. The predicted molar refractivity (Wildman–Crippen MR) is 74.7 cm³/mol. The molecule has 0 aliphatic heterocycles. The summed E-state index contributed by atoms with van der Waals surface area (Å²) in [7, 11) is -4.05. The molecule has 0 spiro atoms. The molecule has 112 valence electrons. The SMILES string of the molecule is CCOC(=O)c1nc2cc(Cl)c(S(N)(=O)=O)cc2[nH]c1=O. The first-order chi connectivity index (χ1) is 9.74. The van der Waals surface area contributed by atoms with Gasteiger partial charge in [-0.15, -0.1) is 0 Å². The molecule has 0 atom stereocenters. The third kappa shape index (κ3) is 3.04. The number of aromatic nitrogens is 2. The van der Waals surface area contributed by atoms with E-state index in [-0.39, 0.29) is 27.6 Å². The van der Waals surface area contributed by atoms with Crippen molar-refractivity contribution in [3.05, 3.63) is 33.2 Å². The molecular weight excluding hydrogens is 322 g/mol. The van der Waals surface area contributed by atoms with Crippen LogP contribution in [0.2, 0.25) is 5.02 Å². The lowest BCUT2D eigenvalue weighted by Gasteiger charge is -2.06. The maximum Gasteiger partial charge on any atom is 0.362 e. The van der Waals surface area contributed by atoms with Crippen LogP contribution in [0.5, 0.6) is 0 Å². The van der Waals surface area contributed by atoms with Gasteiger partial charge in [0.2, 0.25) is 15.7 Å². The largest absolute Gasteiger partial charge is 0.461 e. The van der Waals surface area contributed by atoms with Crippen molar-refractivity contribution in [2.24, 2.45) is 5.14 Å². The van der Waals surface area contributed by atoms with Crippen molar-refractivity contribution in [3.63, 3.8) is 0 Å². The van der Waals surface area contributed by atoms with Gasteiger partial charge in [-0.2, -0.15) is 0 Å². The predicted octanol–water partition coefficient (Wildman–Crippen LogP) is 0.401. The molecule has 10 heteroatoms. The lowest BCUT2D eigenvalue weighted by molar-refractivity contribution is 0.0517. The quantitative estimate of drug-likeness (QED) is 0.782. The number of sulfonamides is 1. The Bertz CT molecular complexity index is 891. The Morgan fingerprint density at radius 2 is 2.14 bits per heavy atom. The number of carbonyl (C=O) groups excluding carboxylic acids is 1. The van der Waals surface area contributed by atoms with E-state index >= 15 is 0 Å². The molecule has 0 fully saturated rings. The van der Waals surface area contributed by atoms with Gasteiger partial charge in [0.1, 0.15) is 4.90 Å². The summed E-state index contributed by atoms with van der Waals surface area (Å²) in [5, 5.41) is 4.84. The first kappa shape index (κ1) is 15.4. The zero-order valence-electron chi connectivity index (χ0n) is 10.7. The Kier molecular flexibility index (Phi) is 3.99. The second-order valence-corrected chi connectivity index (χ2v) is 5.92. The van der Waals surface area contributed by atoms with E-state index in [1.807, 2.05) is 0 Å². The average molecular weight is 332 g/mol. The molecule has 1 aromatic carbocycles. The number of esters is 1. The molecule has 0 radical (unpaired) electrons. The van der Waals surface area contributed by atoms with Crippen molar-refractivity contribution in [1.29, 1.82) is 0 Å². The second-order valence-electron chi connectivity index (χ2n) is 3.98. The number of H-pyrrole nitrogens is 1. The van der Waals surface area contributed by atoms with Crippen molar-refractivity contribution >= 4 is 38.6 Å². The Balaban J connectivity index is 2.72. The Hall–Kier alpha value is -1.97. The lowest BCUT2D eigenvalue weighted by atomic mass is 10.3. The van der Waals surface area contributed by atoms with Crippen molar-refractivity contribution < 1.29 is 17.9 Å². The van der Waals surface area contributed by atoms with E-state index in [9.17, 15) is 18.0 Å². The smallest absolute Gasteiger partial charge is 0.362 e. The summed E-state index contributed by atoms with van der Waals surface area (Å²) < 4.78 is 27.4. The van der Waals surface area contributed by atoms with Gasteiger partial charge in [-0.05, 0) is 19.1 Å². The van der Waals surface area contributed by atoms with Crippen molar-refractivity contribution in [2.75, 3.05) is 6.61 Å². The fourth-order valence-electron chi connectivity index (χ4n) is 1.64. The van der Waals surface area contributed by atoms with Crippen LogP contribution in [0.3, 0.4) is 0 Å². The van der Waals surface area contributed by atoms with E-state index in [1.54, 1.807) is 6.92 Å². The monoisotopic (exact) mass is 331 g/mol. The summed E-state index contributed by atoms with van der Waals surface area (Å²) >= 11 is 5.81. The van der Waals surface area contributed by atoms with Gasteiger partial charge in [0, 0.05) is 0 Å². The molecule has 0 saturated carbocycles. The van der Waals surface area contributed by atoms with Crippen LogP contribution < -0.4 is 10.7 Å². The van der Waals surface area contributed by atoms with E-state index in [0.717, 1.165) is 6.07 Å². The zero-order chi connectivity index (χ0) is 15.8. The fourth-order valence-corrected chi connectivity index (χ4v) is 2.74. The summed E-state index contributed by atoms with van der Waals surface area (Å²) in [6.07, 6.45) is 0. The highest BCUT2D eigenvalue weighted by atomic mass is 35.5. The van der Waals surface area contributed by atoms with Crippen LogP contribution in [0, 0.1) is 0 Å². The number of aromatic amines is 1. The number of fused-ring (bicyclic) bond motifs is 1.